The third kappa shape index (κ3) is 4.33. The van der Waals surface area contributed by atoms with Gasteiger partial charge >= 0.3 is 0 Å². The lowest BCUT2D eigenvalue weighted by Gasteiger charge is -2.28. The quantitative estimate of drug-likeness (QED) is 0.728. The summed E-state index contributed by atoms with van der Waals surface area (Å²) in [4.78, 5) is 10.9. The van der Waals surface area contributed by atoms with Crippen molar-refractivity contribution in [1.82, 2.24) is 15.3 Å². The van der Waals surface area contributed by atoms with Crippen LogP contribution in [0.4, 0.5) is 5.82 Å². The molecule has 0 unspecified atom stereocenters. The first kappa shape index (κ1) is 16.5. The van der Waals surface area contributed by atoms with Crippen LogP contribution in [0.25, 0.3) is 0 Å². The Bertz CT molecular complexity index is 647. The zero-order chi connectivity index (χ0) is 16.6. The average molecular weight is 330 g/mol. The van der Waals surface area contributed by atoms with E-state index in [-0.39, 0.29) is 6.61 Å². The van der Waals surface area contributed by atoms with Crippen molar-refractivity contribution in [3.8, 4) is 11.6 Å². The van der Waals surface area contributed by atoms with Crippen LogP contribution in [0, 0.1) is 0 Å². The predicted octanol–water partition coefficient (Wildman–Crippen LogP) is 0.836. The Morgan fingerprint density at radius 2 is 1.88 bits per heavy atom. The van der Waals surface area contributed by atoms with Crippen LogP contribution in [0.5, 0.6) is 11.6 Å². The van der Waals surface area contributed by atoms with E-state index in [2.05, 4.69) is 20.2 Å². The van der Waals surface area contributed by atoms with E-state index in [1.54, 1.807) is 12.4 Å². The van der Waals surface area contributed by atoms with E-state index in [9.17, 15) is 0 Å². The molecule has 0 spiro atoms. The highest BCUT2D eigenvalue weighted by atomic mass is 16.5. The zero-order valence-electron chi connectivity index (χ0n) is 13.5. The minimum absolute atomic E-state index is 0.00135. The van der Waals surface area contributed by atoms with Gasteiger partial charge in [0.05, 0.1) is 6.61 Å². The van der Waals surface area contributed by atoms with Crippen molar-refractivity contribution in [2.24, 2.45) is 0 Å². The lowest BCUT2D eigenvalue weighted by atomic mass is 10.2. The van der Waals surface area contributed by atoms with Gasteiger partial charge in [0.2, 0.25) is 0 Å². The van der Waals surface area contributed by atoms with Crippen molar-refractivity contribution in [1.29, 1.82) is 0 Å². The lowest BCUT2D eigenvalue weighted by Crippen LogP contribution is -2.44. The first-order valence-electron chi connectivity index (χ1n) is 8.09. The summed E-state index contributed by atoms with van der Waals surface area (Å²) in [5, 5.41) is 12.4. The van der Waals surface area contributed by atoms with E-state index in [1.807, 2.05) is 24.3 Å². The summed E-state index contributed by atoms with van der Waals surface area (Å²) in [7, 11) is 0. The normalized spacial score (nSPS) is 14.5. The molecule has 7 heteroatoms. The summed E-state index contributed by atoms with van der Waals surface area (Å²) >= 11 is 0. The third-order valence-corrected chi connectivity index (χ3v) is 3.73. The number of anilines is 1. The van der Waals surface area contributed by atoms with Crippen LogP contribution in [-0.2, 0) is 6.61 Å². The molecular weight excluding hydrogens is 308 g/mol. The van der Waals surface area contributed by atoms with Crippen LogP contribution in [0.3, 0.4) is 0 Å². The van der Waals surface area contributed by atoms with Crippen LogP contribution in [0.1, 0.15) is 5.56 Å². The molecule has 3 rings (SSSR count). The Labute approximate surface area is 141 Å². The van der Waals surface area contributed by atoms with Crippen molar-refractivity contribution in [3.05, 3.63) is 42.2 Å². The van der Waals surface area contributed by atoms with Gasteiger partial charge in [0.15, 0.2) is 5.82 Å². The first-order valence-corrected chi connectivity index (χ1v) is 8.09. The summed E-state index contributed by atoms with van der Waals surface area (Å²) in [5.41, 5.74) is 0.823. The molecule has 1 aromatic carbocycles. The molecule has 1 fully saturated rings. The van der Waals surface area contributed by atoms with Gasteiger partial charge in [-0.05, 0) is 17.7 Å². The molecule has 24 heavy (non-hydrogen) atoms. The molecule has 1 saturated heterocycles. The van der Waals surface area contributed by atoms with Crippen LogP contribution in [0.15, 0.2) is 36.7 Å². The maximum absolute atomic E-state index is 9.13. The fraction of sp³-hybridized carbons (Fsp3) is 0.412. The second-order valence-corrected chi connectivity index (χ2v) is 5.42. The molecule has 0 bridgehead atoms. The summed E-state index contributed by atoms with van der Waals surface area (Å²) in [6, 6.07) is 7.37. The van der Waals surface area contributed by atoms with Crippen molar-refractivity contribution in [2.75, 3.05) is 44.3 Å². The minimum atomic E-state index is 0.00135. The maximum Gasteiger partial charge on any atom is 0.257 e. The summed E-state index contributed by atoms with van der Waals surface area (Å²) < 4.78 is 11.4. The first-order chi connectivity index (χ1) is 11.9. The fourth-order valence-electron chi connectivity index (χ4n) is 2.54. The van der Waals surface area contributed by atoms with E-state index in [4.69, 9.17) is 14.6 Å². The summed E-state index contributed by atoms with van der Waals surface area (Å²) in [5.74, 6) is 2.03. The highest BCUT2D eigenvalue weighted by Gasteiger charge is 2.17. The Hall–Kier alpha value is -2.38. The Balaban J connectivity index is 1.53. The number of aromatic nitrogens is 2. The average Bonchev–Trinajstić information content (AvgIpc) is 2.66. The molecule has 1 aliphatic rings. The fourth-order valence-corrected chi connectivity index (χ4v) is 2.54. The molecule has 1 aromatic heterocycles. The molecule has 0 aliphatic carbocycles. The van der Waals surface area contributed by atoms with Crippen LogP contribution >= 0.6 is 0 Å². The van der Waals surface area contributed by atoms with Crippen molar-refractivity contribution in [3.63, 3.8) is 0 Å². The van der Waals surface area contributed by atoms with E-state index in [0.29, 0.717) is 24.8 Å². The van der Waals surface area contributed by atoms with Crippen molar-refractivity contribution < 1.29 is 14.6 Å². The summed E-state index contributed by atoms with van der Waals surface area (Å²) in [6.45, 7) is 4.41. The molecular formula is C17H22N4O3. The molecule has 0 amide bonds. The number of nitrogens with zero attached hydrogens (tertiary/aromatic N) is 3. The second kappa shape index (κ2) is 8.47. The largest absolute Gasteiger partial charge is 0.490 e. The van der Waals surface area contributed by atoms with E-state index in [1.165, 1.54) is 0 Å². The Kier molecular flexibility index (Phi) is 5.81. The van der Waals surface area contributed by atoms with Gasteiger partial charge in [-0.25, -0.2) is 9.97 Å². The van der Waals surface area contributed by atoms with E-state index < -0.39 is 0 Å². The van der Waals surface area contributed by atoms with E-state index >= 15 is 0 Å². The smallest absolute Gasteiger partial charge is 0.257 e. The van der Waals surface area contributed by atoms with Crippen LogP contribution in [-0.4, -0.2) is 54.5 Å². The number of aliphatic hydroxyl groups excluding tert-OH is 1. The minimum Gasteiger partial charge on any atom is -0.490 e. The van der Waals surface area contributed by atoms with Gasteiger partial charge in [-0.1, -0.05) is 12.1 Å². The molecule has 2 heterocycles. The van der Waals surface area contributed by atoms with Gasteiger partial charge in [0.1, 0.15) is 19.0 Å². The van der Waals surface area contributed by atoms with Gasteiger partial charge in [-0.3, -0.25) is 0 Å². The van der Waals surface area contributed by atoms with Gasteiger partial charge in [0.25, 0.3) is 5.88 Å². The number of aliphatic hydroxyl groups is 1. The van der Waals surface area contributed by atoms with Crippen LogP contribution < -0.4 is 19.7 Å². The van der Waals surface area contributed by atoms with Gasteiger partial charge in [0, 0.05) is 38.6 Å². The second-order valence-electron chi connectivity index (χ2n) is 5.42. The topological polar surface area (TPSA) is 79.7 Å². The molecule has 0 atom stereocenters. The molecule has 1 aliphatic heterocycles. The van der Waals surface area contributed by atoms with Crippen molar-refractivity contribution in [2.45, 2.75) is 6.61 Å². The standard InChI is InChI=1S/C17H22N4O3/c22-13-14-2-1-3-15(12-14)23-10-11-24-17-16(19-4-5-20-17)21-8-6-18-7-9-21/h1-5,12,18,22H,6-11,13H2. The molecule has 128 valence electrons. The number of hydrogen-bond donors (Lipinski definition) is 2. The maximum atomic E-state index is 9.13. The molecule has 2 aromatic rings. The third-order valence-electron chi connectivity index (χ3n) is 3.73. The van der Waals surface area contributed by atoms with Gasteiger partial charge in [-0.15, -0.1) is 0 Å². The molecule has 2 N–H and O–H groups in total. The zero-order valence-corrected chi connectivity index (χ0v) is 13.5. The molecule has 0 saturated carbocycles. The number of hydrogen-bond acceptors (Lipinski definition) is 7. The highest BCUT2D eigenvalue weighted by Crippen LogP contribution is 2.22. The monoisotopic (exact) mass is 330 g/mol. The number of rotatable bonds is 7. The van der Waals surface area contributed by atoms with Gasteiger partial charge in [-0.2, -0.15) is 0 Å². The Morgan fingerprint density at radius 1 is 1.08 bits per heavy atom. The lowest BCUT2D eigenvalue weighted by molar-refractivity contribution is 0.211. The number of piperazine rings is 1. The number of nitrogens with one attached hydrogen (secondary N) is 1. The predicted molar refractivity (Wildman–Crippen MR) is 90.5 cm³/mol. The Morgan fingerprint density at radius 3 is 2.71 bits per heavy atom. The molecule has 7 nitrogen and oxygen atoms in total. The number of ether oxygens (including phenoxy) is 2. The summed E-state index contributed by atoms with van der Waals surface area (Å²) in [6.07, 6.45) is 3.31. The van der Waals surface area contributed by atoms with Crippen LogP contribution in [0.2, 0.25) is 0 Å². The van der Waals surface area contributed by atoms with Gasteiger partial charge < -0.3 is 24.8 Å². The number of benzene rings is 1. The highest BCUT2D eigenvalue weighted by molar-refractivity contribution is 5.48. The van der Waals surface area contributed by atoms with Crippen molar-refractivity contribution >= 4 is 5.82 Å². The van der Waals surface area contributed by atoms with E-state index in [0.717, 1.165) is 37.6 Å². The molecule has 0 radical (unpaired) electrons. The SMILES string of the molecule is OCc1cccc(OCCOc2nccnc2N2CCNCC2)c1.